The molecule has 0 aliphatic heterocycles. The van der Waals surface area contributed by atoms with Crippen molar-refractivity contribution in [2.75, 3.05) is 6.54 Å². The van der Waals surface area contributed by atoms with Crippen LogP contribution in [0.15, 0.2) is 24.3 Å². The summed E-state index contributed by atoms with van der Waals surface area (Å²) in [5.74, 6) is -0.458. The molecule has 20 heavy (non-hydrogen) atoms. The lowest BCUT2D eigenvalue weighted by molar-refractivity contribution is -0.118. The molecule has 0 unspecified atom stereocenters. The summed E-state index contributed by atoms with van der Waals surface area (Å²) >= 11 is 0. The van der Waals surface area contributed by atoms with Crippen LogP contribution in [0.1, 0.15) is 30.4 Å². The number of hydrogen-bond acceptors (Lipinski definition) is 4. The molecule has 0 radical (unpaired) electrons. The Balaban J connectivity index is 2.47. The van der Waals surface area contributed by atoms with Crippen molar-refractivity contribution >= 4 is 15.9 Å². The number of sulfonamides is 1. The van der Waals surface area contributed by atoms with Crippen molar-refractivity contribution in [3.05, 3.63) is 35.4 Å². The quantitative estimate of drug-likeness (QED) is 0.566. The number of rotatable bonds is 9. The fraction of sp³-hybridized carbons (Fsp3) is 0.462. The van der Waals surface area contributed by atoms with E-state index in [2.05, 4.69) is 4.72 Å². The van der Waals surface area contributed by atoms with E-state index in [-0.39, 0.29) is 18.1 Å². The molecule has 1 aromatic carbocycles. The third kappa shape index (κ3) is 6.14. The normalized spacial score (nSPS) is 11.4. The lowest BCUT2D eigenvalue weighted by atomic mass is 10.1. The van der Waals surface area contributed by atoms with Crippen molar-refractivity contribution in [1.29, 1.82) is 0 Å². The first-order chi connectivity index (χ1) is 9.44. The second-order valence-corrected chi connectivity index (χ2v) is 6.36. The first-order valence-corrected chi connectivity index (χ1v) is 8.12. The van der Waals surface area contributed by atoms with Gasteiger partial charge >= 0.3 is 0 Å². The van der Waals surface area contributed by atoms with Crippen LogP contribution < -0.4 is 16.2 Å². The summed E-state index contributed by atoms with van der Waals surface area (Å²) < 4.78 is 26.4. The minimum Gasteiger partial charge on any atom is -0.370 e. The maximum Gasteiger partial charge on any atom is 0.217 e. The Kier molecular flexibility index (Phi) is 6.63. The van der Waals surface area contributed by atoms with Crippen LogP contribution in [-0.2, 0) is 27.1 Å². The second-order valence-electron chi connectivity index (χ2n) is 4.55. The molecule has 1 amide bonds. The lowest BCUT2D eigenvalue weighted by Crippen LogP contribution is -2.27. The summed E-state index contributed by atoms with van der Waals surface area (Å²) in [7, 11) is -3.39. The van der Waals surface area contributed by atoms with Gasteiger partial charge in [0.25, 0.3) is 0 Å². The Morgan fingerprint density at radius 3 is 2.40 bits per heavy atom. The molecule has 0 atom stereocenters. The van der Waals surface area contributed by atoms with Crippen LogP contribution in [0.3, 0.4) is 0 Å². The number of hydrogen-bond donors (Lipinski definition) is 3. The van der Waals surface area contributed by atoms with Crippen molar-refractivity contribution < 1.29 is 13.2 Å². The first-order valence-electron chi connectivity index (χ1n) is 6.47. The van der Waals surface area contributed by atoms with E-state index in [1.807, 2.05) is 12.1 Å². The van der Waals surface area contributed by atoms with Gasteiger partial charge in [0.1, 0.15) is 0 Å². The predicted molar refractivity (Wildman–Crippen MR) is 78.0 cm³/mol. The van der Waals surface area contributed by atoms with E-state index in [9.17, 15) is 13.2 Å². The average molecular weight is 299 g/mol. The molecule has 7 heteroatoms. The zero-order valence-corrected chi connectivity index (χ0v) is 12.2. The Morgan fingerprint density at radius 2 is 1.80 bits per heavy atom. The maximum absolute atomic E-state index is 11.9. The molecule has 0 heterocycles. The van der Waals surface area contributed by atoms with Crippen LogP contribution in [0.5, 0.6) is 0 Å². The summed E-state index contributed by atoms with van der Waals surface area (Å²) in [4.78, 5) is 10.5. The minimum absolute atomic E-state index is 0.0871. The molecule has 0 aliphatic rings. The molecule has 6 nitrogen and oxygen atoms in total. The molecule has 0 aromatic heterocycles. The van der Waals surface area contributed by atoms with E-state index in [0.29, 0.717) is 31.5 Å². The second kappa shape index (κ2) is 7.98. The standard InChI is InChI=1S/C13H21N3O3S/c14-9-11-5-1-2-6-12(11)10-20(18,19)16-8-4-3-7-13(15)17/h1-2,5-6,16H,3-4,7-10,14H2,(H2,15,17). The van der Waals surface area contributed by atoms with Crippen LogP contribution in [0.2, 0.25) is 0 Å². The summed E-state index contributed by atoms with van der Waals surface area (Å²) in [6.45, 7) is 0.616. The molecule has 1 rings (SSSR count). The highest BCUT2D eigenvalue weighted by Gasteiger charge is 2.13. The van der Waals surface area contributed by atoms with Crippen LogP contribution >= 0.6 is 0 Å². The summed E-state index contributed by atoms with van der Waals surface area (Å²) in [5.41, 5.74) is 12.1. The molecular weight excluding hydrogens is 278 g/mol. The molecule has 0 aliphatic carbocycles. The van der Waals surface area contributed by atoms with Gasteiger partial charge in [-0.25, -0.2) is 13.1 Å². The topological polar surface area (TPSA) is 115 Å². The minimum atomic E-state index is -3.39. The fourth-order valence-corrected chi connectivity index (χ4v) is 3.05. The van der Waals surface area contributed by atoms with Gasteiger partial charge in [-0.3, -0.25) is 4.79 Å². The van der Waals surface area contributed by atoms with E-state index in [0.717, 1.165) is 5.56 Å². The number of benzene rings is 1. The van der Waals surface area contributed by atoms with E-state index in [4.69, 9.17) is 11.5 Å². The van der Waals surface area contributed by atoms with Gasteiger partial charge in [-0.15, -0.1) is 0 Å². The molecule has 0 fully saturated rings. The first kappa shape index (κ1) is 16.6. The van der Waals surface area contributed by atoms with Crippen molar-refractivity contribution in [2.24, 2.45) is 11.5 Å². The monoisotopic (exact) mass is 299 g/mol. The maximum atomic E-state index is 11.9. The number of carbonyl (C=O) groups is 1. The van der Waals surface area contributed by atoms with Gasteiger partial charge in [0.15, 0.2) is 0 Å². The highest BCUT2D eigenvalue weighted by atomic mass is 32.2. The molecule has 5 N–H and O–H groups in total. The van der Waals surface area contributed by atoms with E-state index >= 15 is 0 Å². The van der Waals surface area contributed by atoms with Gasteiger partial charge in [-0.05, 0) is 24.0 Å². The number of nitrogens with two attached hydrogens (primary N) is 2. The Bertz CT molecular complexity index is 544. The predicted octanol–water partition coefficient (Wildman–Crippen LogP) is 0.220. The van der Waals surface area contributed by atoms with Crippen molar-refractivity contribution in [3.63, 3.8) is 0 Å². The van der Waals surface area contributed by atoms with Gasteiger partial charge in [0.2, 0.25) is 15.9 Å². The zero-order valence-electron chi connectivity index (χ0n) is 11.3. The number of nitrogens with one attached hydrogen (secondary N) is 1. The summed E-state index contributed by atoms with van der Waals surface area (Å²) in [5, 5.41) is 0. The van der Waals surface area contributed by atoms with Crippen LogP contribution in [0.25, 0.3) is 0 Å². The third-order valence-corrected chi connectivity index (χ3v) is 4.19. The van der Waals surface area contributed by atoms with Gasteiger partial charge in [-0.1, -0.05) is 24.3 Å². The Morgan fingerprint density at radius 1 is 1.15 bits per heavy atom. The van der Waals surface area contributed by atoms with E-state index in [1.54, 1.807) is 12.1 Å². The molecule has 112 valence electrons. The number of unbranched alkanes of at least 4 members (excludes halogenated alkanes) is 1. The highest BCUT2D eigenvalue weighted by molar-refractivity contribution is 7.88. The van der Waals surface area contributed by atoms with Crippen LogP contribution in [0, 0.1) is 0 Å². The number of primary amides is 1. The summed E-state index contributed by atoms with van der Waals surface area (Å²) in [6.07, 6.45) is 1.44. The third-order valence-electron chi connectivity index (χ3n) is 2.86. The molecule has 0 saturated heterocycles. The molecule has 0 saturated carbocycles. The smallest absolute Gasteiger partial charge is 0.217 e. The SMILES string of the molecule is NCc1ccccc1CS(=O)(=O)NCCCCC(N)=O. The molecule has 0 bridgehead atoms. The van der Waals surface area contributed by atoms with Crippen molar-refractivity contribution in [2.45, 2.75) is 31.6 Å². The average Bonchev–Trinajstić information content (AvgIpc) is 2.38. The largest absolute Gasteiger partial charge is 0.370 e. The van der Waals surface area contributed by atoms with E-state index < -0.39 is 10.0 Å². The van der Waals surface area contributed by atoms with Crippen LogP contribution in [0.4, 0.5) is 0 Å². The number of carbonyl (C=O) groups excluding carboxylic acids is 1. The molecule has 0 spiro atoms. The highest BCUT2D eigenvalue weighted by Crippen LogP contribution is 2.11. The van der Waals surface area contributed by atoms with Gasteiger partial charge in [0, 0.05) is 19.5 Å². The van der Waals surface area contributed by atoms with Gasteiger partial charge in [0.05, 0.1) is 5.75 Å². The van der Waals surface area contributed by atoms with Crippen molar-refractivity contribution in [3.8, 4) is 0 Å². The summed E-state index contributed by atoms with van der Waals surface area (Å²) in [6, 6.07) is 7.19. The molecule has 1 aromatic rings. The molecular formula is C13H21N3O3S. The van der Waals surface area contributed by atoms with Crippen molar-refractivity contribution in [1.82, 2.24) is 4.72 Å². The Labute approximate surface area is 119 Å². The lowest BCUT2D eigenvalue weighted by Gasteiger charge is -2.09. The fourth-order valence-electron chi connectivity index (χ4n) is 1.81. The van der Waals surface area contributed by atoms with Gasteiger partial charge < -0.3 is 11.5 Å². The van der Waals surface area contributed by atoms with Gasteiger partial charge in [-0.2, -0.15) is 0 Å². The zero-order chi connectivity index (χ0) is 15.0. The van der Waals surface area contributed by atoms with Crippen LogP contribution in [-0.4, -0.2) is 20.9 Å². The number of amides is 1. The van der Waals surface area contributed by atoms with E-state index in [1.165, 1.54) is 0 Å². The Hall–Kier alpha value is -1.44.